The fourth-order valence-electron chi connectivity index (χ4n) is 3.28. The normalized spacial score (nSPS) is 22.6. The molecular formula is C16H24N4S. The first kappa shape index (κ1) is 14.7. The SMILES string of the molecule is CCc1cc2c(NN)nc(C3CCC(CC)CC3)nc2s1. The monoisotopic (exact) mass is 304 g/mol. The van der Waals surface area contributed by atoms with Crippen LogP contribution in [0, 0.1) is 5.92 Å². The first-order valence-electron chi connectivity index (χ1n) is 8.02. The molecule has 114 valence electrons. The van der Waals surface area contributed by atoms with Gasteiger partial charge in [-0.2, -0.15) is 0 Å². The van der Waals surface area contributed by atoms with Gasteiger partial charge in [0.15, 0.2) is 5.82 Å². The number of hydrogen-bond acceptors (Lipinski definition) is 5. The van der Waals surface area contributed by atoms with E-state index < -0.39 is 0 Å². The second-order valence-corrected chi connectivity index (χ2v) is 7.10. The van der Waals surface area contributed by atoms with Crippen LogP contribution in [0.5, 0.6) is 0 Å². The fourth-order valence-corrected chi connectivity index (χ4v) is 4.26. The smallest absolute Gasteiger partial charge is 0.152 e. The molecule has 0 aliphatic heterocycles. The van der Waals surface area contributed by atoms with Crippen molar-refractivity contribution in [3.63, 3.8) is 0 Å². The van der Waals surface area contributed by atoms with E-state index in [1.54, 1.807) is 11.3 Å². The highest BCUT2D eigenvalue weighted by molar-refractivity contribution is 7.18. The Hall–Kier alpha value is -1.20. The second kappa shape index (κ2) is 6.28. The second-order valence-electron chi connectivity index (χ2n) is 5.99. The van der Waals surface area contributed by atoms with Crippen molar-refractivity contribution < 1.29 is 0 Å². The van der Waals surface area contributed by atoms with E-state index in [1.807, 2.05) is 0 Å². The molecule has 0 amide bonds. The van der Waals surface area contributed by atoms with Gasteiger partial charge >= 0.3 is 0 Å². The van der Waals surface area contributed by atoms with Crippen LogP contribution in [0.3, 0.4) is 0 Å². The molecule has 0 saturated heterocycles. The number of hydrogen-bond donors (Lipinski definition) is 2. The molecular weight excluding hydrogens is 280 g/mol. The van der Waals surface area contributed by atoms with Crippen molar-refractivity contribution in [1.29, 1.82) is 0 Å². The van der Waals surface area contributed by atoms with Crippen LogP contribution < -0.4 is 11.3 Å². The number of nitrogen functional groups attached to an aromatic ring is 1. The largest absolute Gasteiger partial charge is 0.308 e. The van der Waals surface area contributed by atoms with Crippen molar-refractivity contribution in [1.82, 2.24) is 9.97 Å². The number of hydrazine groups is 1. The minimum Gasteiger partial charge on any atom is -0.308 e. The summed E-state index contributed by atoms with van der Waals surface area (Å²) in [6, 6.07) is 2.16. The Morgan fingerprint density at radius 1 is 1.24 bits per heavy atom. The van der Waals surface area contributed by atoms with Gasteiger partial charge in [-0.15, -0.1) is 11.3 Å². The van der Waals surface area contributed by atoms with Crippen LogP contribution in [0.15, 0.2) is 6.07 Å². The molecule has 0 spiro atoms. The molecule has 21 heavy (non-hydrogen) atoms. The van der Waals surface area contributed by atoms with Crippen molar-refractivity contribution in [3.05, 3.63) is 16.8 Å². The van der Waals surface area contributed by atoms with Crippen molar-refractivity contribution >= 4 is 27.4 Å². The summed E-state index contributed by atoms with van der Waals surface area (Å²) in [5.41, 5.74) is 2.76. The Morgan fingerprint density at radius 3 is 2.62 bits per heavy atom. The zero-order valence-corrected chi connectivity index (χ0v) is 13.7. The van der Waals surface area contributed by atoms with Gasteiger partial charge in [0.25, 0.3) is 0 Å². The lowest BCUT2D eigenvalue weighted by Gasteiger charge is -2.26. The first-order valence-corrected chi connectivity index (χ1v) is 8.83. The highest BCUT2D eigenvalue weighted by Crippen LogP contribution is 2.37. The van der Waals surface area contributed by atoms with Gasteiger partial charge in [-0.25, -0.2) is 15.8 Å². The van der Waals surface area contributed by atoms with Gasteiger partial charge in [0, 0.05) is 10.8 Å². The Morgan fingerprint density at radius 2 is 2.00 bits per heavy atom. The molecule has 0 atom stereocenters. The van der Waals surface area contributed by atoms with E-state index in [2.05, 4.69) is 25.3 Å². The lowest BCUT2D eigenvalue weighted by molar-refractivity contribution is 0.312. The summed E-state index contributed by atoms with van der Waals surface area (Å²) in [6.45, 7) is 4.46. The third-order valence-electron chi connectivity index (χ3n) is 4.74. The van der Waals surface area contributed by atoms with Crippen LogP contribution in [0.25, 0.3) is 10.2 Å². The molecule has 4 nitrogen and oxygen atoms in total. The number of aryl methyl sites for hydroxylation is 1. The molecule has 1 fully saturated rings. The average Bonchev–Trinajstić information content (AvgIpc) is 2.97. The van der Waals surface area contributed by atoms with E-state index in [4.69, 9.17) is 15.8 Å². The highest BCUT2D eigenvalue weighted by atomic mass is 32.1. The molecule has 1 aliphatic rings. The predicted octanol–water partition coefficient (Wildman–Crippen LogP) is 4.22. The summed E-state index contributed by atoms with van der Waals surface area (Å²) in [6.07, 6.45) is 7.35. The number of fused-ring (bicyclic) bond motifs is 1. The predicted molar refractivity (Wildman–Crippen MR) is 89.6 cm³/mol. The summed E-state index contributed by atoms with van der Waals surface area (Å²) < 4.78 is 0. The standard InChI is InChI=1S/C16H24N4S/c1-3-10-5-7-11(8-6-10)14-18-15(20-17)13-9-12(4-2)21-16(13)19-14/h9-11H,3-8,17H2,1-2H3,(H,18,19,20). The Balaban J connectivity index is 1.92. The third-order valence-corrected chi connectivity index (χ3v) is 5.91. The molecule has 2 aromatic heterocycles. The van der Waals surface area contributed by atoms with E-state index in [0.717, 1.165) is 34.2 Å². The molecule has 0 bridgehead atoms. The molecule has 3 N–H and O–H groups in total. The summed E-state index contributed by atoms with van der Waals surface area (Å²) in [5.74, 6) is 8.83. The Kier molecular flexibility index (Phi) is 4.40. The lowest BCUT2D eigenvalue weighted by atomic mass is 9.80. The summed E-state index contributed by atoms with van der Waals surface area (Å²) in [5, 5.41) is 1.06. The average molecular weight is 304 g/mol. The molecule has 5 heteroatoms. The number of nitrogens with one attached hydrogen (secondary N) is 1. The molecule has 0 unspecified atom stereocenters. The van der Waals surface area contributed by atoms with Crippen molar-refractivity contribution in [3.8, 4) is 0 Å². The van der Waals surface area contributed by atoms with Gasteiger partial charge in [0.05, 0.1) is 5.39 Å². The maximum absolute atomic E-state index is 5.67. The molecule has 1 saturated carbocycles. The van der Waals surface area contributed by atoms with E-state index in [0.29, 0.717) is 5.92 Å². The maximum atomic E-state index is 5.67. The van der Waals surface area contributed by atoms with Crippen LogP contribution in [0.4, 0.5) is 5.82 Å². The van der Waals surface area contributed by atoms with Crippen LogP contribution in [0.2, 0.25) is 0 Å². The van der Waals surface area contributed by atoms with E-state index in [-0.39, 0.29) is 0 Å². The Labute approximate surface area is 130 Å². The minimum atomic E-state index is 0.497. The van der Waals surface area contributed by atoms with Crippen LogP contribution in [-0.4, -0.2) is 9.97 Å². The first-order chi connectivity index (χ1) is 10.2. The molecule has 0 aromatic carbocycles. The van der Waals surface area contributed by atoms with Gasteiger partial charge in [0.1, 0.15) is 10.7 Å². The van der Waals surface area contributed by atoms with E-state index in [1.165, 1.54) is 37.0 Å². The van der Waals surface area contributed by atoms with Gasteiger partial charge in [0.2, 0.25) is 0 Å². The van der Waals surface area contributed by atoms with Gasteiger partial charge in [-0.3, -0.25) is 0 Å². The van der Waals surface area contributed by atoms with Crippen molar-refractivity contribution in [2.75, 3.05) is 5.43 Å². The number of nitrogens with two attached hydrogens (primary N) is 1. The molecule has 2 aromatic rings. The fraction of sp³-hybridized carbons (Fsp3) is 0.625. The highest BCUT2D eigenvalue weighted by Gasteiger charge is 2.24. The van der Waals surface area contributed by atoms with Gasteiger partial charge in [-0.05, 0) is 44.1 Å². The third kappa shape index (κ3) is 2.90. The molecule has 2 heterocycles. The summed E-state index contributed by atoms with van der Waals surface area (Å²) >= 11 is 1.76. The van der Waals surface area contributed by atoms with Crippen LogP contribution in [-0.2, 0) is 6.42 Å². The topological polar surface area (TPSA) is 63.8 Å². The van der Waals surface area contributed by atoms with Gasteiger partial charge in [-0.1, -0.05) is 20.3 Å². The number of aromatic nitrogens is 2. The molecule has 1 aliphatic carbocycles. The number of anilines is 1. The number of thiophene rings is 1. The summed E-state index contributed by atoms with van der Waals surface area (Å²) in [4.78, 5) is 11.9. The van der Waals surface area contributed by atoms with Crippen molar-refractivity contribution in [2.45, 2.75) is 58.3 Å². The molecule has 0 radical (unpaired) electrons. The van der Waals surface area contributed by atoms with Gasteiger partial charge < -0.3 is 5.43 Å². The Bertz CT molecular complexity index is 614. The minimum absolute atomic E-state index is 0.497. The van der Waals surface area contributed by atoms with Crippen LogP contribution >= 0.6 is 11.3 Å². The summed E-state index contributed by atoms with van der Waals surface area (Å²) in [7, 11) is 0. The quantitative estimate of drug-likeness (QED) is 0.655. The molecule has 3 rings (SSSR count). The maximum Gasteiger partial charge on any atom is 0.152 e. The number of rotatable bonds is 4. The van der Waals surface area contributed by atoms with E-state index >= 15 is 0 Å². The van der Waals surface area contributed by atoms with Crippen molar-refractivity contribution in [2.24, 2.45) is 11.8 Å². The zero-order valence-electron chi connectivity index (χ0n) is 12.9. The van der Waals surface area contributed by atoms with Crippen LogP contribution in [0.1, 0.15) is 62.6 Å². The van der Waals surface area contributed by atoms with E-state index in [9.17, 15) is 0 Å². The lowest BCUT2D eigenvalue weighted by Crippen LogP contribution is -2.16. The zero-order chi connectivity index (χ0) is 14.8. The number of nitrogens with zero attached hydrogens (tertiary/aromatic N) is 2.